The standard InChI is InChI=1S/C42H26S/c1-3-13-32-30(11-1)40(28-20-23-38-36(24-28)29-10-5-6-15-37(29)43-38)31-12-2-4-14-33(31)42(32)35-22-19-27-17-16-25-8-7-9-26-18-21-34(35)41(27)39(25)26/h1-18,20-21,23-24H,19,22H2. The second kappa shape index (κ2) is 8.77. The topological polar surface area (TPSA) is 0 Å². The average molecular weight is 563 g/mol. The van der Waals surface area contributed by atoms with Crippen molar-refractivity contribution in [1.29, 1.82) is 0 Å². The van der Waals surface area contributed by atoms with Crippen molar-refractivity contribution in [2.45, 2.75) is 12.8 Å². The first-order chi connectivity index (χ1) is 21.3. The Labute approximate surface area is 253 Å². The second-order valence-electron chi connectivity index (χ2n) is 11.9. The van der Waals surface area contributed by atoms with Crippen molar-refractivity contribution in [3.05, 3.63) is 150 Å². The number of thiophene rings is 1. The summed E-state index contributed by atoms with van der Waals surface area (Å²) in [5, 5.41) is 15.0. The number of hydrogen-bond donors (Lipinski definition) is 0. The van der Waals surface area contributed by atoms with Gasteiger partial charge in [0.2, 0.25) is 0 Å². The van der Waals surface area contributed by atoms with Crippen LogP contribution in [0.3, 0.4) is 0 Å². The van der Waals surface area contributed by atoms with Crippen LogP contribution in [-0.2, 0) is 6.42 Å². The van der Waals surface area contributed by atoms with Gasteiger partial charge in [-0.25, -0.2) is 0 Å². The van der Waals surface area contributed by atoms with Gasteiger partial charge in [-0.15, -0.1) is 11.3 Å². The Kier molecular flexibility index (Phi) is 4.80. The third kappa shape index (κ3) is 3.26. The van der Waals surface area contributed by atoms with E-state index in [1.54, 1.807) is 0 Å². The van der Waals surface area contributed by atoms with E-state index in [4.69, 9.17) is 0 Å². The number of fused-ring (bicyclic) bond motifs is 5. The van der Waals surface area contributed by atoms with Crippen molar-refractivity contribution in [1.82, 2.24) is 0 Å². The predicted molar refractivity (Wildman–Crippen MR) is 187 cm³/mol. The van der Waals surface area contributed by atoms with E-state index in [1.165, 1.54) is 96.3 Å². The molecule has 43 heavy (non-hydrogen) atoms. The molecule has 0 saturated carbocycles. The maximum absolute atomic E-state index is 2.43. The molecule has 0 bridgehead atoms. The Balaban J connectivity index is 1.35. The maximum Gasteiger partial charge on any atom is 0.0355 e. The Bertz CT molecular complexity index is 2600. The Hall–Kier alpha value is -4.98. The Morgan fingerprint density at radius 2 is 1.05 bits per heavy atom. The van der Waals surface area contributed by atoms with Crippen LogP contribution in [0.4, 0.5) is 0 Å². The zero-order valence-corrected chi connectivity index (χ0v) is 24.3. The fourth-order valence-electron chi connectivity index (χ4n) is 7.91. The highest BCUT2D eigenvalue weighted by Gasteiger charge is 2.22. The monoisotopic (exact) mass is 562 g/mol. The van der Waals surface area contributed by atoms with Crippen LogP contribution in [0, 0.1) is 0 Å². The molecular formula is C42H26S. The summed E-state index contributed by atoms with van der Waals surface area (Å²) in [5.74, 6) is 0. The van der Waals surface area contributed by atoms with Crippen molar-refractivity contribution >= 4 is 80.2 Å². The fourth-order valence-corrected chi connectivity index (χ4v) is 9.00. The first-order valence-corrected chi connectivity index (χ1v) is 16.0. The molecule has 0 aliphatic heterocycles. The summed E-state index contributed by atoms with van der Waals surface area (Å²) in [7, 11) is 0. The van der Waals surface area contributed by atoms with E-state index >= 15 is 0 Å². The molecule has 0 N–H and O–H groups in total. The lowest BCUT2D eigenvalue weighted by Gasteiger charge is -2.23. The molecule has 0 nitrogen and oxygen atoms in total. The van der Waals surface area contributed by atoms with Crippen molar-refractivity contribution in [3.63, 3.8) is 0 Å². The van der Waals surface area contributed by atoms with E-state index in [0.717, 1.165) is 12.8 Å². The van der Waals surface area contributed by atoms with Gasteiger partial charge >= 0.3 is 0 Å². The summed E-state index contributed by atoms with van der Waals surface area (Å²) in [6.07, 6.45) is 2.11. The largest absolute Gasteiger partial charge is 0.135 e. The minimum Gasteiger partial charge on any atom is -0.135 e. The summed E-state index contributed by atoms with van der Waals surface area (Å²) in [4.78, 5) is 0. The number of hydrogen-bond acceptors (Lipinski definition) is 1. The molecule has 9 aromatic rings. The van der Waals surface area contributed by atoms with Gasteiger partial charge in [-0.3, -0.25) is 0 Å². The highest BCUT2D eigenvalue weighted by Crippen LogP contribution is 2.45. The van der Waals surface area contributed by atoms with Crippen LogP contribution >= 0.6 is 11.3 Å². The van der Waals surface area contributed by atoms with Crippen LogP contribution in [0.15, 0.2) is 133 Å². The van der Waals surface area contributed by atoms with Crippen molar-refractivity contribution in [2.24, 2.45) is 0 Å². The quantitative estimate of drug-likeness (QED) is 0.184. The summed E-state index contributed by atoms with van der Waals surface area (Å²) in [5.41, 5.74) is 6.97. The molecule has 1 heteroatoms. The van der Waals surface area contributed by atoms with Gasteiger partial charge in [-0.1, -0.05) is 115 Å². The van der Waals surface area contributed by atoms with Crippen LogP contribution in [0.5, 0.6) is 0 Å². The minimum absolute atomic E-state index is 1.04. The first kappa shape index (κ1) is 23.6. The SMILES string of the molecule is c1cc2ccc3c4c(ccc(c1)c24)=C(c1c2ccccc2c(-c2ccc4sc5ccccc5c4c2)c2ccccc12)CC3. The van der Waals surface area contributed by atoms with E-state index in [2.05, 4.69) is 133 Å². The van der Waals surface area contributed by atoms with Gasteiger partial charge in [0, 0.05) is 20.2 Å². The molecule has 200 valence electrons. The van der Waals surface area contributed by atoms with E-state index in [-0.39, 0.29) is 0 Å². The van der Waals surface area contributed by atoms with Crippen LogP contribution in [-0.4, -0.2) is 0 Å². The highest BCUT2D eigenvalue weighted by molar-refractivity contribution is 7.25. The molecule has 0 amide bonds. The van der Waals surface area contributed by atoms with E-state index in [0.29, 0.717) is 0 Å². The predicted octanol–water partition coefficient (Wildman–Crippen LogP) is 11.2. The van der Waals surface area contributed by atoms with E-state index in [9.17, 15) is 0 Å². The highest BCUT2D eigenvalue weighted by atomic mass is 32.1. The normalized spacial score (nSPS) is 13.3. The zero-order chi connectivity index (χ0) is 28.1. The van der Waals surface area contributed by atoms with Crippen LogP contribution < -0.4 is 5.22 Å². The summed E-state index contributed by atoms with van der Waals surface area (Å²) >= 11 is 1.88. The van der Waals surface area contributed by atoms with Crippen LogP contribution in [0.25, 0.3) is 80.0 Å². The molecule has 8 aromatic carbocycles. The number of rotatable bonds is 2. The average Bonchev–Trinajstić information content (AvgIpc) is 3.44. The smallest absolute Gasteiger partial charge is 0.0355 e. The Morgan fingerprint density at radius 3 is 1.79 bits per heavy atom. The third-order valence-corrected chi connectivity index (χ3v) is 10.9. The van der Waals surface area contributed by atoms with Gasteiger partial charge in [-0.2, -0.15) is 0 Å². The van der Waals surface area contributed by atoms with Gasteiger partial charge in [-0.05, 0) is 107 Å². The fraction of sp³-hybridized carbons (Fsp3) is 0.0476. The molecule has 1 aliphatic rings. The number of benzene rings is 8. The lowest BCUT2D eigenvalue weighted by molar-refractivity contribution is 1.01. The summed E-state index contributed by atoms with van der Waals surface area (Å²) in [6.45, 7) is 0. The maximum atomic E-state index is 2.43. The van der Waals surface area contributed by atoms with Gasteiger partial charge in [0.05, 0.1) is 0 Å². The van der Waals surface area contributed by atoms with Crippen molar-refractivity contribution < 1.29 is 0 Å². The van der Waals surface area contributed by atoms with Crippen LogP contribution in [0.2, 0.25) is 0 Å². The lowest BCUT2D eigenvalue weighted by Crippen LogP contribution is -2.16. The molecule has 1 heterocycles. The lowest BCUT2D eigenvalue weighted by atomic mass is 9.80. The number of aryl methyl sites for hydroxylation is 1. The first-order valence-electron chi connectivity index (χ1n) is 15.2. The molecule has 0 unspecified atom stereocenters. The molecule has 0 saturated heterocycles. The molecule has 10 rings (SSSR count). The zero-order valence-electron chi connectivity index (χ0n) is 23.5. The minimum atomic E-state index is 1.04. The summed E-state index contributed by atoms with van der Waals surface area (Å²) < 4.78 is 2.70. The third-order valence-electron chi connectivity index (χ3n) is 9.73. The van der Waals surface area contributed by atoms with Crippen molar-refractivity contribution in [2.75, 3.05) is 0 Å². The molecule has 0 radical (unpaired) electrons. The molecule has 1 aromatic heterocycles. The summed E-state index contributed by atoms with van der Waals surface area (Å²) in [6, 6.07) is 50.2. The van der Waals surface area contributed by atoms with Crippen LogP contribution in [0.1, 0.15) is 17.5 Å². The molecule has 0 atom stereocenters. The Morgan fingerprint density at radius 1 is 0.419 bits per heavy atom. The molecular weight excluding hydrogens is 537 g/mol. The van der Waals surface area contributed by atoms with Gasteiger partial charge in [0.25, 0.3) is 0 Å². The van der Waals surface area contributed by atoms with Gasteiger partial charge in [0.15, 0.2) is 0 Å². The second-order valence-corrected chi connectivity index (χ2v) is 13.0. The van der Waals surface area contributed by atoms with Gasteiger partial charge in [0.1, 0.15) is 0 Å². The van der Waals surface area contributed by atoms with E-state index in [1.807, 2.05) is 11.3 Å². The molecule has 1 aliphatic carbocycles. The van der Waals surface area contributed by atoms with Crippen molar-refractivity contribution in [3.8, 4) is 11.1 Å². The van der Waals surface area contributed by atoms with E-state index < -0.39 is 0 Å². The molecule has 0 spiro atoms. The molecule has 0 fully saturated rings. The van der Waals surface area contributed by atoms with Gasteiger partial charge < -0.3 is 0 Å².